The number of amides is 1. The van der Waals surface area contributed by atoms with E-state index in [-0.39, 0.29) is 12.5 Å². The van der Waals surface area contributed by atoms with Gasteiger partial charge in [-0.2, -0.15) is 0 Å². The third-order valence-corrected chi connectivity index (χ3v) is 5.32. The summed E-state index contributed by atoms with van der Waals surface area (Å²) in [5.74, 6) is 0.103. The molecule has 4 aromatic rings. The molecule has 158 valence electrons. The van der Waals surface area contributed by atoms with Crippen molar-refractivity contribution in [3.05, 3.63) is 88.3 Å². The van der Waals surface area contributed by atoms with Crippen LogP contribution in [0.2, 0.25) is 0 Å². The average Bonchev–Trinajstić information content (AvgIpc) is 2.80. The number of fused-ring (bicyclic) bond motifs is 3. The summed E-state index contributed by atoms with van der Waals surface area (Å²) in [6, 6.07) is 20.0. The predicted octanol–water partition coefficient (Wildman–Crippen LogP) is 3.87. The van der Waals surface area contributed by atoms with Gasteiger partial charge >= 0.3 is 5.63 Å². The number of carbonyl (C=O) groups excluding carboxylic acids is 1. The Hall–Kier alpha value is -3.64. The second-order valence-corrected chi connectivity index (χ2v) is 7.43. The molecule has 0 unspecified atom stereocenters. The Balaban J connectivity index is 1.51. The van der Waals surface area contributed by atoms with Crippen LogP contribution in [0.4, 0.5) is 0 Å². The summed E-state index contributed by atoms with van der Waals surface area (Å²) in [6.07, 6.45) is -1.60. The number of hydrogen-bond acceptors (Lipinski definition) is 5. The normalized spacial score (nSPS) is 13.1. The molecule has 0 aliphatic carbocycles. The molecule has 2 atom stereocenters. The molecule has 0 aliphatic rings. The molecule has 6 heteroatoms. The molecule has 1 amide bonds. The third-order valence-electron chi connectivity index (χ3n) is 5.32. The molecule has 0 radical (unpaired) electrons. The summed E-state index contributed by atoms with van der Waals surface area (Å²) in [6.45, 7) is 3.50. The molecule has 0 bridgehead atoms. The third kappa shape index (κ3) is 4.15. The maximum Gasteiger partial charge on any atom is 0.344 e. The monoisotopic (exact) mass is 417 g/mol. The van der Waals surface area contributed by atoms with Gasteiger partial charge in [0, 0.05) is 17.5 Å². The Kier molecular flexibility index (Phi) is 5.73. The number of aliphatic hydroxyl groups is 1. The highest BCUT2D eigenvalue weighted by molar-refractivity contribution is 6.05. The van der Waals surface area contributed by atoms with Crippen LogP contribution in [0.15, 0.2) is 75.9 Å². The Morgan fingerprint density at radius 1 is 1.00 bits per heavy atom. The van der Waals surface area contributed by atoms with Gasteiger partial charge in [-0.1, -0.05) is 48.5 Å². The fraction of sp³-hybridized carbons (Fsp3) is 0.200. The minimum atomic E-state index is -0.803. The van der Waals surface area contributed by atoms with Gasteiger partial charge in [0.1, 0.15) is 11.3 Å². The lowest BCUT2D eigenvalue weighted by Gasteiger charge is -2.18. The molecule has 0 saturated carbocycles. The average molecular weight is 417 g/mol. The number of carbonyl (C=O) groups is 1. The van der Waals surface area contributed by atoms with E-state index in [2.05, 4.69) is 5.32 Å². The number of benzene rings is 3. The topological polar surface area (TPSA) is 88.8 Å². The van der Waals surface area contributed by atoms with Crippen LogP contribution in [-0.2, 0) is 4.79 Å². The fourth-order valence-electron chi connectivity index (χ4n) is 3.57. The summed E-state index contributed by atoms with van der Waals surface area (Å²) < 4.78 is 11.4. The van der Waals surface area contributed by atoms with Gasteiger partial charge in [0.05, 0.1) is 11.5 Å². The standard InChI is InChI=1S/C25H23NO5/c1-15-22(13-12-19-18-10-6-7-11-20(18)25(29)31-23(15)19)30-16(2)24(28)26-14-21(27)17-8-4-3-5-9-17/h3-13,16,21,27H,14H2,1-2H3,(H,26,28)/t16-,21-/m1/s1. The first-order chi connectivity index (χ1) is 15.0. The van der Waals surface area contributed by atoms with Crippen molar-refractivity contribution >= 4 is 27.6 Å². The Morgan fingerprint density at radius 2 is 1.68 bits per heavy atom. The van der Waals surface area contributed by atoms with Crippen molar-refractivity contribution < 1.29 is 19.1 Å². The lowest BCUT2D eigenvalue weighted by Crippen LogP contribution is -2.38. The lowest BCUT2D eigenvalue weighted by molar-refractivity contribution is -0.127. The van der Waals surface area contributed by atoms with Crippen LogP contribution in [0.25, 0.3) is 21.7 Å². The molecule has 31 heavy (non-hydrogen) atoms. The quantitative estimate of drug-likeness (QED) is 0.367. The zero-order valence-corrected chi connectivity index (χ0v) is 17.3. The van der Waals surface area contributed by atoms with Gasteiger partial charge in [0.25, 0.3) is 5.91 Å². The molecule has 0 fully saturated rings. The number of rotatable bonds is 6. The summed E-state index contributed by atoms with van der Waals surface area (Å²) >= 11 is 0. The second-order valence-electron chi connectivity index (χ2n) is 7.43. The number of aryl methyl sites for hydroxylation is 1. The van der Waals surface area contributed by atoms with E-state index in [1.54, 1.807) is 44.2 Å². The highest BCUT2D eigenvalue weighted by Gasteiger charge is 2.19. The zero-order valence-electron chi connectivity index (χ0n) is 17.3. The van der Waals surface area contributed by atoms with Crippen molar-refractivity contribution in [1.29, 1.82) is 0 Å². The first-order valence-corrected chi connectivity index (χ1v) is 10.1. The highest BCUT2D eigenvalue weighted by Crippen LogP contribution is 2.31. The van der Waals surface area contributed by atoms with E-state index in [0.717, 1.165) is 16.3 Å². The fourth-order valence-corrected chi connectivity index (χ4v) is 3.57. The minimum absolute atomic E-state index is 0.0775. The van der Waals surface area contributed by atoms with Crippen molar-refractivity contribution in [1.82, 2.24) is 5.32 Å². The van der Waals surface area contributed by atoms with Crippen molar-refractivity contribution in [2.24, 2.45) is 0 Å². The van der Waals surface area contributed by atoms with Crippen LogP contribution in [-0.4, -0.2) is 23.7 Å². The molecule has 0 spiro atoms. The van der Waals surface area contributed by atoms with E-state index in [4.69, 9.17) is 9.15 Å². The number of aliphatic hydroxyl groups excluding tert-OH is 1. The maximum atomic E-state index is 12.5. The summed E-state index contributed by atoms with van der Waals surface area (Å²) in [5, 5.41) is 15.1. The first kappa shape index (κ1) is 20.6. The van der Waals surface area contributed by atoms with Gasteiger partial charge in [-0.25, -0.2) is 4.79 Å². The molecule has 4 rings (SSSR count). The van der Waals surface area contributed by atoms with Gasteiger partial charge in [-0.3, -0.25) is 4.79 Å². The molecule has 2 N–H and O–H groups in total. The largest absolute Gasteiger partial charge is 0.480 e. The molecular formula is C25H23NO5. The van der Waals surface area contributed by atoms with Gasteiger partial charge in [-0.05, 0) is 43.0 Å². The lowest BCUT2D eigenvalue weighted by atomic mass is 10.0. The van der Waals surface area contributed by atoms with Crippen molar-refractivity contribution in [2.45, 2.75) is 26.1 Å². The summed E-state index contributed by atoms with van der Waals surface area (Å²) in [4.78, 5) is 24.8. The van der Waals surface area contributed by atoms with E-state index in [1.807, 2.05) is 36.4 Å². The predicted molar refractivity (Wildman–Crippen MR) is 119 cm³/mol. The Bertz CT molecular complexity index is 1300. The summed E-state index contributed by atoms with van der Waals surface area (Å²) in [5.41, 5.74) is 1.39. The molecule has 0 saturated heterocycles. The second kappa shape index (κ2) is 8.62. The van der Waals surface area contributed by atoms with Crippen LogP contribution < -0.4 is 15.7 Å². The van der Waals surface area contributed by atoms with Gasteiger partial charge < -0.3 is 19.6 Å². The van der Waals surface area contributed by atoms with Crippen molar-refractivity contribution in [3.63, 3.8) is 0 Å². The van der Waals surface area contributed by atoms with Crippen LogP contribution in [0, 0.1) is 6.92 Å². The molecule has 1 heterocycles. The van der Waals surface area contributed by atoms with Gasteiger partial charge in [0.15, 0.2) is 6.10 Å². The SMILES string of the molecule is Cc1c(O[C@H](C)C(=O)NC[C@@H](O)c2ccccc2)ccc2c1oc(=O)c1ccccc12. The number of ether oxygens (including phenoxy) is 1. The molecular weight excluding hydrogens is 394 g/mol. The first-order valence-electron chi connectivity index (χ1n) is 10.1. The number of hydrogen-bond donors (Lipinski definition) is 2. The highest BCUT2D eigenvalue weighted by atomic mass is 16.5. The van der Waals surface area contributed by atoms with E-state index in [9.17, 15) is 14.7 Å². The van der Waals surface area contributed by atoms with Crippen molar-refractivity contribution in [3.8, 4) is 5.75 Å². The van der Waals surface area contributed by atoms with E-state index in [0.29, 0.717) is 22.3 Å². The van der Waals surface area contributed by atoms with Gasteiger partial charge in [0.2, 0.25) is 0 Å². The maximum absolute atomic E-state index is 12.5. The van der Waals surface area contributed by atoms with Crippen LogP contribution in [0.5, 0.6) is 5.75 Å². The number of nitrogens with one attached hydrogen (secondary N) is 1. The smallest absolute Gasteiger partial charge is 0.344 e. The van der Waals surface area contributed by atoms with E-state index < -0.39 is 17.8 Å². The van der Waals surface area contributed by atoms with Crippen molar-refractivity contribution in [2.75, 3.05) is 6.54 Å². The van der Waals surface area contributed by atoms with Crippen LogP contribution >= 0.6 is 0 Å². The van der Waals surface area contributed by atoms with Crippen LogP contribution in [0.3, 0.4) is 0 Å². The van der Waals surface area contributed by atoms with E-state index in [1.165, 1.54) is 0 Å². The molecule has 6 nitrogen and oxygen atoms in total. The Labute approximate surface area is 179 Å². The minimum Gasteiger partial charge on any atom is -0.480 e. The molecule has 0 aliphatic heterocycles. The Morgan fingerprint density at radius 3 is 2.42 bits per heavy atom. The summed E-state index contributed by atoms with van der Waals surface area (Å²) in [7, 11) is 0. The molecule has 1 aromatic heterocycles. The van der Waals surface area contributed by atoms with Crippen LogP contribution in [0.1, 0.15) is 24.2 Å². The zero-order chi connectivity index (χ0) is 22.0. The van der Waals surface area contributed by atoms with Gasteiger partial charge in [-0.15, -0.1) is 0 Å². The van der Waals surface area contributed by atoms with E-state index >= 15 is 0 Å². The molecule has 3 aromatic carbocycles.